The Morgan fingerprint density at radius 1 is 0.492 bits per heavy atom. The third-order valence-corrected chi connectivity index (χ3v) is 12.6. The van der Waals surface area contributed by atoms with Crippen LogP contribution >= 0.6 is 0 Å². The second-order valence-electron chi connectivity index (χ2n) is 16.8. The highest BCUT2D eigenvalue weighted by Crippen LogP contribution is 2.51. The molecule has 6 nitrogen and oxygen atoms in total. The van der Waals surface area contributed by atoms with Gasteiger partial charge in [0.15, 0.2) is 17.5 Å². The van der Waals surface area contributed by atoms with E-state index in [1.54, 1.807) is 0 Å². The van der Waals surface area contributed by atoms with E-state index >= 15 is 0 Å². The summed E-state index contributed by atoms with van der Waals surface area (Å²) in [4.78, 5) is 15.7. The van der Waals surface area contributed by atoms with E-state index in [4.69, 9.17) is 15.0 Å². The molecule has 59 heavy (non-hydrogen) atoms. The third kappa shape index (κ3) is 5.44. The fraction of sp³-hybridized carbons (Fsp3) is 0.113. The molecular formula is C53H40N6. The van der Waals surface area contributed by atoms with Crippen LogP contribution in [0.4, 0.5) is 5.69 Å². The zero-order valence-electron chi connectivity index (χ0n) is 33.3. The highest BCUT2D eigenvalue weighted by Gasteiger charge is 2.37. The van der Waals surface area contributed by atoms with Crippen LogP contribution in [0.5, 0.6) is 0 Å². The summed E-state index contributed by atoms with van der Waals surface area (Å²) in [6.07, 6.45) is 3.93. The van der Waals surface area contributed by atoms with E-state index in [0.29, 0.717) is 28.9 Å². The quantitative estimate of drug-likeness (QED) is 0.171. The number of para-hydroxylation sites is 1. The summed E-state index contributed by atoms with van der Waals surface area (Å²) in [6.45, 7) is 9.20. The number of hydrazone groups is 1. The maximum Gasteiger partial charge on any atom is 0.164 e. The van der Waals surface area contributed by atoms with Gasteiger partial charge in [0.1, 0.15) is 5.71 Å². The van der Waals surface area contributed by atoms with Crippen LogP contribution in [0.3, 0.4) is 0 Å². The summed E-state index contributed by atoms with van der Waals surface area (Å²) in [6, 6.07) is 51.0. The minimum Gasteiger partial charge on any atom is -0.298 e. The van der Waals surface area contributed by atoms with Crippen molar-refractivity contribution in [3.63, 3.8) is 0 Å². The first kappa shape index (κ1) is 34.9. The third-order valence-electron chi connectivity index (χ3n) is 12.6. The number of nitrogens with one attached hydrogen (secondary N) is 2. The van der Waals surface area contributed by atoms with E-state index in [0.717, 1.165) is 44.3 Å². The molecular weight excluding hydrogens is 721 g/mol. The molecule has 11 rings (SSSR count). The van der Waals surface area contributed by atoms with Crippen molar-refractivity contribution in [1.29, 1.82) is 5.41 Å². The van der Waals surface area contributed by atoms with Crippen LogP contribution in [0.2, 0.25) is 0 Å². The van der Waals surface area contributed by atoms with Crippen molar-refractivity contribution in [1.82, 2.24) is 15.0 Å². The molecule has 0 saturated carbocycles. The number of rotatable bonds is 5. The molecule has 3 aliphatic carbocycles. The Balaban J connectivity index is 1.04. The van der Waals surface area contributed by atoms with Crippen LogP contribution in [0.25, 0.3) is 73.3 Å². The first-order valence-electron chi connectivity index (χ1n) is 20.1. The summed E-state index contributed by atoms with van der Waals surface area (Å²) in [5, 5.41) is 15.8. The largest absolute Gasteiger partial charge is 0.298 e. The number of anilines is 1. The van der Waals surface area contributed by atoms with E-state index in [1.807, 2.05) is 42.5 Å². The monoisotopic (exact) mass is 760 g/mol. The minimum atomic E-state index is -0.163. The van der Waals surface area contributed by atoms with Gasteiger partial charge in [-0.1, -0.05) is 149 Å². The zero-order chi connectivity index (χ0) is 40.0. The average Bonchev–Trinajstić information content (AvgIpc) is 3.65. The summed E-state index contributed by atoms with van der Waals surface area (Å²) in [5.74, 6) is 1.86. The Morgan fingerprint density at radius 2 is 1.00 bits per heavy atom. The highest BCUT2D eigenvalue weighted by molar-refractivity contribution is 6.55. The molecule has 6 heteroatoms. The van der Waals surface area contributed by atoms with Crippen molar-refractivity contribution in [2.75, 3.05) is 5.43 Å². The van der Waals surface area contributed by atoms with Crippen LogP contribution in [0.15, 0.2) is 157 Å². The molecule has 0 aliphatic heterocycles. The lowest BCUT2D eigenvalue weighted by Gasteiger charge is -2.22. The van der Waals surface area contributed by atoms with Gasteiger partial charge in [-0.3, -0.25) is 10.8 Å². The number of nitrogens with zero attached hydrogens (tertiary/aromatic N) is 4. The lowest BCUT2D eigenvalue weighted by Crippen LogP contribution is -2.18. The summed E-state index contributed by atoms with van der Waals surface area (Å²) < 4.78 is 0. The molecule has 282 valence electrons. The van der Waals surface area contributed by atoms with Crippen LogP contribution in [-0.2, 0) is 10.8 Å². The summed E-state index contributed by atoms with van der Waals surface area (Å²) in [5.41, 5.74) is 19.5. The van der Waals surface area contributed by atoms with Gasteiger partial charge in [0.2, 0.25) is 0 Å². The van der Waals surface area contributed by atoms with Crippen LogP contribution < -0.4 is 5.43 Å². The van der Waals surface area contributed by atoms with E-state index in [2.05, 4.69) is 153 Å². The lowest BCUT2D eigenvalue weighted by atomic mass is 9.82. The minimum absolute atomic E-state index is 0.163. The topological polar surface area (TPSA) is 86.9 Å². The molecule has 8 aromatic rings. The number of aromatic nitrogens is 3. The van der Waals surface area contributed by atoms with Crippen molar-refractivity contribution in [2.45, 2.75) is 38.5 Å². The Kier molecular flexibility index (Phi) is 7.60. The maximum absolute atomic E-state index is 9.23. The molecule has 2 N–H and O–H groups in total. The number of hydrogen-bond donors (Lipinski definition) is 2. The molecule has 0 atom stereocenters. The molecule has 0 amide bonds. The normalized spacial score (nSPS) is 15.7. The van der Waals surface area contributed by atoms with E-state index in [-0.39, 0.29) is 10.8 Å². The molecule has 0 radical (unpaired) electrons. The second-order valence-corrected chi connectivity index (χ2v) is 16.8. The molecule has 3 aliphatic rings. The van der Waals surface area contributed by atoms with Gasteiger partial charge in [0, 0.05) is 33.1 Å². The van der Waals surface area contributed by atoms with E-state index in [1.165, 1.54) is 44.5 Å². The molecule has 0 saturated heterocycles. The molecule has 7 aromatic carbocycles. The van der Waals surface area contributed by atoms with Gasteiger partial charge in [0.25, 0.3) is 0 Å². The van der Waals surface area contributed by atoms with Crippen LogP contribution in [0, 0.1) is 5.41 Å². The van der Waals surface area contributed by atoms with Gasteiger partial charge >= 0.3 is 0 Å². The second kappa shape index (κ2) is 12.9. The highest BCUT2D eigenvalue weighted by atomic mass is 15.3. The predicted molar refractivity (Wildman–Crippen MR) is 242 cm³/mol. The molecule has 1 aromatic heterocycles. The average molecular weight is 761 g/mol. The Labute approximate surface area is 343 Å². The predicted octanol–water partition coefficient (Wildman–Crippen LogP) is 12.5. The van der Waals surface area contributed by atoms with Crippen LogP contribution in [-0.4, -0.2) is 26.4 Å². The van der Waals surface area contributed by atoms with Crippen molar-refractivity contribution >= 4 is 34.0 Å². The molecule has 1 heterocycles. The van der Waals surface area contributed by atoms with E-state index < -0.39 is 0 Å². The van der Waals surface area contributed by atoms with Crippen molar-refractivity contribution in [3.8, 4) is 56.4 Å². The Morgan fingerprint density at radius 3 is 1.59 bits per heavy atom. The van der Waals surface area contributed by atoms with Gasteiger partial charge < -0.3 is 0 Å². The smallest absolute Gasteiger partial charge is 0.164 e. The first-order valence-corrected chi connectivity index (χ1v) is 20.1. The van der Waals surface area contributed by atoms with Crippen LogP contribution in [0.1, 0.15) is 61.1 Å². The van der Waals surface area contributed by atoms with Crippen molar-refractivity contribution in [3.05, 3.63) is 185 Å². The zero-order valence-corrected chi connectivity index (χ0v) is 33.3. The standard InChI is InChI=1S/C53H40N6/c1-52(2)42-16-10-8-14-38(42)40-25-21-34(29-44(40)52)50-55-49(56-51(57-50)35-22-26-41-39-15-9-11-17-43(39)53(3,4)45(41)30-35)33-20-24-37-32(28-33)19-18-31-23-27-46(48(54)47(31)37)59-58-36-12-6-5-7-13-36/h5-30,54,58H,1-4H3/b54-48?,59-46-. The number of benzene rings is 7. The van der Waals surface area contributed by atoms with E-state index in [9.17, 15) is 5.41 Å². The SMILES string of the molecule is CC1(C)c2ccccc2-c2ccc(-c3nc(-c4ccc5c(c4)C(C)(C)c4ccccc4-5)nc(-c4ccc5c6c(ccc5c4)C=C/C(=N/Nc4ccccc4)C6=N)n3)cc21. The van der Waals surface area contributed by atoms with Gasteiger partial charge in [0.05, 0.1) is 11.4 Å². The van der Waals surface area contributed by atoms with Crippen molar-refractivity contribution < 1.29 is 0 Å². The fourth-order valence-electron chi connectivity index (χ4n) is 9.46. The van der Waals surface area contributed by atoms with Gasteiger partial charge in [-0.15, -0.1) is 0 Å². The summed E-state index contributed by atoms with van der Waals surface area (Å²) in [7, 11) is 0. The van der Waals surface area contributed by atoms with Gasteiger partial charge in [-0.05, 0) is 97.3 Å². The summed E-state index contributed by atoms with van der Waals surface area (Å²) >= 11 is 0. The fourth-order valence-corrected chi connectivity index (χ4v) is 9.46. The molecule has 0 spiro atoms. The van der Waals surface area contributed by atoms with Gasteiger partial charge in [-0.25, -0.2) is 15.0 Å². The van der Waals surface area contributed by atoms with Gasteiger partial charge in [-0.2, -0.15) is 5.10 Å². The maximum atomic E-state index is 9.23. The Bertz CT molecular complexity index is 3030. The number of fused-ring (bicyclic) bond motifs is 9. The number of allylic oxidation sites excluding steroid dienone is 1. The molecule has 0 unspecified atom stereocenters. The lowest BCUT2D eigenvalue weighted by molar-refractivity contribution is 0.660. The van der Waals surface area contributed by atoms with Crippen molar-refractivity contribution in [2.24, 2.45) is 5.10 Å². The molecule has 0 bridgehead atoms. The Hall–Kier alpha value is -7.31. The number of hydrogen-bond acceptors (Lipinski definition) is 6. The molecule has 0 fully saturated rings. The first-order chi connectivity index (χ1) is 28.6.